The SMILES string of the molecule is CC(C)(C)[Si](C)(C)OCC1CCC(=O)C1. The van der Waals surface area contributed by atoms with Gasteiger partial charge in [-0.1, -0.05) is 20.8 Å². The topological polar surface area (TPSA) is 26.3 Å². The van der Waals surface area contributed by atoms with Crippen molar-refractivity contribution in [3.8, 4) is 0 Å². The molecule has 15 heavy (non-hydrogen) atoms. The normalized spacial score (nSPS) is 23.5. The fourth-order valence-electron chi connectivity index (χ4n) is 1.58. The molecule has 1 rings (SSSR count). The van der Waals surface area contributed by atoms with E-state index in [0.29, 0.717) is 11.7 Å². The average molecular weight is 228 g/mol. The predicted octanol–water partition coefficient (Wildman–Crippen LogP) is 3.38. The molecule has 2 nitrogen and oxygen atoms in total. The number of ketones is 1. The Labute approximate surface area is 94.5 Å². The summed E-state index contributed by atoms with van der Waals surface area (Å²) in [5.41, 5.74) is 0. The third kappa shape index (κ3) is 3.42. The van der Waals surface area contributed by atoms with E-state index in [0.717, 1.165) is 25.9 Å². The lowest BCUT2D eigenvalue weighted by molar-refractivity contribution is -0.117. The van der Waals surface area contributed by atoms with Gasteiger partial charge in [-0.3, -0.25) is 4.79 Å². The molecule has 1 saturated carbocycles. The molecular formula is C12H24O2Si. The molecule has 3 heteroatoms. The summed E-state index contributed by atoms with van der Waals surface area (Å²) in [4.78, 5) is 11.1. The third-order valence-electron chi connectivity index (χ3n) is 3.83. The van der Waals surface area contributed by atoms with Crippen molar-refractivity contribution in [1.29, 1.82) is 0 Å². The molecule has 1 aliphatic carbocycles. The summed E-state index contributed by atoms with van der Waals surface area (Å²) in [6.45, 7) is 12.1. The first-order valence-corrected chi connectivity index (χ1v) is 8.79. The monoisotopic (exact) mass is 228 g/mol. The fourth-order valence-corrected chi connectivity index (χ4v) is 2.66. The number of rotatable bonds is 3. The van der Waals surface area contributed by atoms with Crippen LogP contribution in [0.25, 0.3) is 0 Å². The highest BCUT2D eigenvalue weighted by molar-refractivity contribution is 6.74. The van der Waals surface area contributed by atoms with E-state index in [1.807, 2.05) is 0 Å². The molecule has 0 radical (unpaired) electrons. The summed E-state index contributed by atoms with van der Waals surface area (Å²) in [6.07, 6.45) is 2.55. The second kappa shape index (κ2) is 4.38. The van der Waals surface area contributed by atoms with Crippen LogP contribution >= 0.6 is 0 Å². The van der Waals surface area contributed by atoms with E-state index in [1.165, 1.54) is 0 Å². The minimum absolute atomic E-state index is 0.273. The van der Waals surface area contributed by atoms with E-state index in [-0.39, 0.29) is 5.04 Å². The van der Waals surface area contributed by atoms with Crippen LogP contribution in [0.5, 0.6) is 0 Å². The molecule has 1 atom stereocenters. The highest BCUT2D eigenvalue weighted by atomic mass is 28.4. The van der Waals surface area contributed by atoms with Crippen molar-refractivity contribution in [2.45, 2.75) is 58.2 Å². The number of hydrogen-bond acceptors (Lipinski definition) is 2. The van der Waals surface area contributed by atoms with Gasteiger partial charge in [-0.05, 0) is 30.5 Å². The van der Waals surface area contributed by atoms with Crippen LogP contribution in [0.15, 0.2) is 0 Å². The van der Waals surface area contributed by atoms with Crippen molar-refractivity contribution >= 4 is 14.1 Å². The zero-order valence-corrected chi connectivity index (χ0v) is 11.7. The number of Topliss-reactive ketones (excluding diaryl/α,β-unsaturated/α-hetero) is 1. The molecule has 0 aliphatic heterocycles. The number of carbonyl (C=O) groups excluding carboxylic acids is 1. The maximum absolute atomic E-state index is 11.1. The number of hydrogen-bond donors (Lipinski definition) is 0. The van der Waals surface area contributed by atoms with Crippen LogP contribution in [0, 0.1) is 5.92 Å². The Kier molecular flexibility index (Phi) is 3.77. The van der Waals surface area contributed by atoms with Crippen molar-refractivity contribution in [3.05, 3.63) is 0 Å². The molecule has 0 heterocycles. The summed E-state index contributed by atoms with van der Waals surface area (Å²) >= 11 is 0. The van der Waals surface area contributed by atoms with Crippen LogP contribution in [0.1, 0.15) is 40.0 Å². The molecule has 0 N–H and O–H groups in total. The van der Waals surface area contributed by atoms with Crippen LogP contribution in [-0.2, 0) is 9.22 Å². The van der Waals surface area contributed by atoms with Gasteiger partial charge in [0.25, 0.3) is 0 Å². The standard InChI is InChI=1S/C12H24O2Si/c1-12(2,3)15(4,5)14-9-10-6-7-11(13)8-10/h10H,6-9H2,1-5H3. The molecule has 0 saturated heterocycles. The fraction of sp³-hybridized carbons (Fsp3) is 0.917. The molecule has 0 amide bonds. The molecule has 0 aromatic carbocycles. The summed E-state index contributed by atoms with van der Waals surface area (Å²) in [7, 11) is -1.61. The van der Waals surface area contributed by atoms with E-state index in [2.05, 4.69) is 33.9 Å². The van der Waals surface area contributed by atoms with Gasteiger partial charge in [-0.2, -0.15) is 0 Å². The Balaban J connectivity index is 2.40. The molecule has 1 unspecified atom stereocenters. The molecule has 1 fully saturated rings. The van der Waals surface area contributed by atoms with E-state index >= 15 is 0 Å². The van der Waals surface area contributed by atoms with Gasteiger partial charge in [0.1, 0.15) is 5.78 Å². The highest BCUT2D eigenvalue weighted by Crippen LogP contribution is 2.37. The zero-order valence-electron chi connectivity index (χ0n) is 10.7. The minimum Gasteiger partial charge on any atom is -0.417 e. The van der Waals surface area contributed by atoms with Gasteiger partial charge < -0.3 is 4.43 Å². The Morgan fingerprint density at radius 1 is 1.40 bits per heavy atom. The molecule has 0 bridgehead atoms. The maximum Gasteiger partial charge on any atom is 0.191 e. The molecule has 0 aromatic heterocycles. The van der Waals surface area contributed by atoms with Gasteiger partial charge >= 0.3 is 0 Å². The van der Waals surface area contributed by atoms with Crippen molar-refractivity contribution < 1.29 is 9.22 Å². The molecule has 88 valence electrons. The molecule has 1 aliphatic rings. The third-order valence-corrected chi connectivity index (χ3v) is 8.33. The first kappa shape index (κ1) is 12.9. The van der Waals surface area contributed by atoms with Crippen molar-refractivity contribution in [1.82, 2.24) is 0 Å². The van der Waals surface area contributed by atoms with Crippen molar-refractivity contribution in [2.75, 3.05) is 6.61 Å². The lowest BCUT2D eigenvalue weighted by Crippen LogP contribution is -2.41. The summed E-state index contributed by atoms with van der Waals surface area (Å²) < 4.78 is 6.11. The Bertz CT molecular complexity index is 240. The first-order valence-electron chi connectivity index (χ1n) is 5.88. The lowest BCUT2D eigenvalue weighted by atomic mass is 10.1. The van der Waals surface area contributed by atoms with Gasteiger partial charge in [-0.15, -0.1) is 0 Å². The van der Waals surface area contributed by atoms with Gasteiger partial charge in [0.2, 0.25) is 0 Å². The van der Waals surface area contributed by atoms with Gasteiger partial charge in [0.15, 0.2) is 8.32 Å². The van der Waals surface area contributed by atoms with Gasteiger partial charge in [-0.25, -0.2) is 0 Å². The lowest BCUT2D eigenvalue weighted by Gasteiger charge is -2.36. The number of carbonyl (C=O) groups is 1. The van der Waals surface area contributed by atoms with E-state index in [1.54, 1.807) is 0 Å². The minimum atomic E-state index is -1.61. The van der Waals surface area contributed by atoms with Crippen LogP contribution in [-0.4, -0.2) is 20.7 Å². The molecule has 0 spiro atoms. The van der Waals surface area contributed by atoms with Crippen LogP contribution in [0.3, 0.4) is 0 Å². The second-order valence-corrected chi connectivity index (χ2v) is 11.0. The summed E-state index contributed by atoms with van der Waals surface area (Å²) in [6, 6.07) is 0. The molecular weight excluding hydrogens is 204 g/mol. The Morgan fingerprint density at radius 2 is 2.00 bits per heavy atom. The van der Waals surface area contributed by atoms with Crippen molar-refractivity contribution in [3.63, 3.8) is 0 Å². The van der Waals surface area contributed by atoms with Crippen molar-refractivity contribution in [2.24, 2.45) is 5.92 Å². The van der Waals surface area contributed by atoms with Gasteiger partial charge in [0, 0.05) is 19.4 Å². The van der Waals surface area contributed by atoms with E-state index in [4.69, 9.17) is 4.43 Å². The average Bonchev–Trinajstić information content (AvgIpc) is 2.46. The van der Waals surface area contributed by atoms with E-state index < -0.39 is 8.32 Å². The largest absolute Gasteiger partial charge is 0.417 e. The second-order valence-electron chi connectivity index (χ2n) is 6.22. The van der Waals surface area contributed by atoms with Crippen LogP contribution < -0.4 is 0 Å². The Morgan fingerprint density at radius 3 is 2.40 bits per heavy atom. The summed E-state index contributed by atoms with van der Waals surface area (Å²) in [5, 5.41) is 0.273. The van der Waals surface area contributed by atoms with Crippen LogP contribution in [0.2, 0.25) is 18.1 Å². The molecule has 0 aromatic rings. The maximum atomic E-state index is 11.1. The zero-order chi connectivity index (χ0) is 11.7. The quantitative estimate of drug-likeness (QED) is 0.692. The first-order chi connectivity index (χ1) is 6.72. The predicted molar refractivity (Wildman–Crippen MR) is 65.5 cm³/mol. The highest BCUT2D eigenvalue weighted by Gasteiger charge is 2.38. The van der Waals surface area contributed by atoms with E-state index in [9.17, 15) is 4.79 Å². The van der Waals surface area contributed by atoms with Gasteiger partial charge in [0.05, 0.1) is 0 Å². The summed E-state index contributed by atoms with van der Waals surface area (Å²) in [5.74, 6) is 0.908. The van der Waals surface area contributed by atoms with Crippen LogP contribution in [0.4, 0.5) is 0 Å². The smallest absolute Gasteiger partial charge is 0.191 e. The Hall–Kier alpha value is -0.153.